The molecule has 1 aliphatic heterocycles. The number of carbonyl (C=O) groups is 3. The first-order valence-electron chi connectivity index (χ1n) is 10.4. The molecule has 152 valence electrons. The van der Waals surface area contributed by atoms with Gasteiger partial charge in [0.1, 0.15) is 12.2 Å². The summed E-state index contributed by atoms with van der Waals surface area (Å²) in [4.78, 5) is 36.7. The van der Waals surface area contributed by atoms with E-state index < -0.39 is 6.10 Å². The van der Waals surface area contributed by atoms with Gasteiger partial charge in [-0.1, -0.05) is 36.4 Å². The van der Waals surface area contributed by atoms with Crippen molar-refractivity contribution < 1.29 is 23.9 Å². The van der Waals surface area contributed by atoms with Crippen LogP contribution in [0, 0.1) is 17.8 Å². The van der Waals surface area contributed by atoms with Gasteiger partial charge in [0, 0.05) is 24.7 Å². The lowest BCUT2D eigenvalue weighted by atomic mass is 9.89. The molecule has 1 heterocycles. The van der Waals surface area contributed by atoms with Crippen LogP contribution in [0.4, 0.5) is 0 Å². The van der Waals surface area contributed by atoms with E-state index in [1.54, 1.807) is 30.3 Å². The molecule has 0 amide bonds. The van der Waals surface area contributed by atoms with E-state index in [0.29, 0.717) is 30.7 Å². The van der Waals surface area contributed by atoms with Crippen LogP contribution >= 0.6 is 0 Å². The van der Waals surface area contributed by atoms with Crippen molar-refractivity contribution in [3.63, 3.8) is 0 Å². The molecule has 2 aliphatic carbocycles. The van der Waals surface area contributed by atoms with Crippen LogP contribution in [0.2, 0.25) is 0 Å². The van der Waals surface area contributed by atoms with Crippen molar-refractivity contribution in [3.05, 3.63) is 60.2 Å². The highest BCUT2D eigenvalue weighted by Crippen LogP contribution is 2.43. The first-order chi connectivity index (χ1) is 14.1. The zero-order chi connectivity index (χ0) is 20.2. The summed E-state index contributed by atoms with van der Waals surface area (Å²) < 4.78 is 11.2. The van der Waals surface area contributed by atoms with Crippen molar-refractivity contribution in [3.8, 4) is 0 Å². The van der Waals surface area contributed by atoms with Gasteiger partial charge in [0.25, 0.3) is 0 Å². The van der Waals surface area contributed by atoms with Crippen LogP contribution in [-0.2, 0) is 19.1 Å². The van der Waals surface area contributed by atoms with Gasteiger partial charge in [-0.25, -0.2) is 4.79 Å². The average Bonchev–Trinajstić information content (AvgIpc) is 3.23. The second-order valence-corrected chi connectivity index (χ2v) is 8.17. The highest BCUT2D eigenvalue weighted by atomic mass is 16.6. The maximum absolute atomic E-state index is 12.5. The molecule has 1 saturated carbocycles. The van der Waals surface area contributed by atoms with Gasteiger partial charge in [0.15, 0.2) is 5.78 Å². The Morgan fingerprint density at radius 2 is 2.03 bits per heavy atom. The number of allylic oxidation sites excluding steroid dienone is 3. The monoisotopic (exact) mass is 394 g/mol. The van der Waals surface area contributed by atoms with Gasteiger partial charge >= 0.3 is 11.9 Å². The van der Waals surface area contributed by atoms with Crippen molar-refractivity contribution in [2.45, 2.75) is 50.7 Å². The third kappa shape index (κ3) is 4.66. The Bertz CT molecular complexity index is 825. The molecule has 2 fully saturated rings. The van der Waals surface area contributed by atoms with Crippen molar-refractivity contribution >= 4 is 17.7 Å². The topological polar surface area (TPSA) is 69.7 Å². The zero-order valence-electron chi connectivity index (χ0n) is 16.4. The van der Waals surface area contributed by atoms with E-state index in [1.165, 1.54) is 0 Å². The van der Waals surface area contributed by atoms with Crippen molar-refractivity contribution in [2.24, 2.45) is 17.8 Å². The number of esters is 2. The SMILES string of the molecule is O=C(C=C[C@@H]1[C@H]2CC(=O)O[C@H]2C[C@H]1OC(=O)c1ccccc1)CC1C=CCCC1. The fourth-order valence-electron chi connectivity index (χ4n) is 4.67. The van der Waals surface area contributed by atoms with Gasteiger partial charge < -0.3 is 9.47 Å². The molecular weight excluding hydrogens is 368 g/mol. The summed E-state index contributed by atoms with van der Waals surface area (Å²) in [6.45, 7) is 0. The number of rotatable bonds is 6. The Morgan fingerprint density at radius 3 is 2.79 bits per heavy atom. The van der Waals surface area contributed by atoms with Crippen LogP contribution in [0.3, 0.4) is 0 Å². The van der Waals surface area contributed by atoms with E-state index in [4.69, 9.17) is 9.47 Å². The van der Waals surface area contributed by atoms with E-state index in [9.17, 15) is 14.4 Å². The number of hydrogen-bond donors (Lipinski definition) is 0. The van der Waals surface area contributed by atoms with Crippen LogP contribution in [-0.4, -0.2) is 29.9 Å². The first kappa shape index (κ1) is 19.6. The quantitative estimate of drug-likeness (QED) is 0.414. The molecule has 29 heavy (non-hydrogen) atoms. The van der Waals surface area contributed by atoms with Gasteiger partial charge in [-0.2, -0.15) is 0 Å². The smallest absolute Gasteiger partial charge is 0.338 e. The van der Waals surface area contributed by atoms with E-state index in [1.807, 2.05) is 12.1 Å². The number of hydrogen-bond acceptors (Lipinski definition) is 5. The van der Waals surface area contributed by atoms with Crippen molar-refractivity contribution in [1.29, 1.82) is 0 Å². The minimum atomic E-state index is -0.399. The van der Waals surface area contributed by atoms with E-state index in [2.05, 4.69) is 12.2 Å². The maximum atomic E-state index is 12.5. The van der Waals surface area contributed by atoms with Crippen LogP contribution < -0.4 is 0 Å². The molecule has 0 bridgehead atoms. The summed E-state index contributed by atoms with van der Waals surface area (Å²) in [6.07, 6.45) is 11.6. The molecule has 4 rings (SSSR count). The molecule has 0 radical (unpaired) electrons. The molecule has 1 saturated heterocycles. The maximum Gasteiger partial charge on any atom is 0.338 e. The number of fused-ring (bicyclic) bond motifs is 1. The first-order valence-corrected chi connectivity index (χ1v) is 10.4. The Balaban J connectivity index is 1.44. The molecule has 0 spiro atoms. The van der Waals surface area contributed by atoms with E-state index in [0.717, 1.165) is 19.3 Å². The van der Waals surface area contributed by atoms with Gasteiger partial charge in [0.2, 0.25) is 0 Å². The van der Waals surface area contributed by atoms with Gasteiger partial charge in [-0.05, 0) is 43.4 Å². The van der Waals surface area contributed by atoms with Crippen LogP contribution in [0.25, 0.3) is 0 Å². The Labute approximate surface area is 170 Å². The summed E-state index contributed by atoms with van der Waals surface area (Å²) in [6, 6.07) is 8.85. The lowest BCUT2D eigenvalue weighted by Crippen LogP contribution is -2.25. The number of ether oxygens (including phenoxy) is 2. The molecule has 0 aromatic heterocycles. The average molecular weight is 394 g/mol. The minimum Gasteiger partial charge on any atom is -0.462 e. The molecule has 5 nitrogen and oxygen atoms in total. The highest BCUT2D eigenvalue weighted by Gasteiger charge is 2.50. The van der Waals surface area contributed by atoms with Gasteiger partial charge in [-0.3, -0.25) is 9.59 Å². The highest BCUT2D eigenvalue weighted by molar-refractivity contribution is 5.90. The lowest BCUT2D eigenvalue weighted by Gasteiger charge is -2.20. The Hall–Kier alpha value is -2.69. The summed E-state index contributed by atoms with van der Waals surface area (Å²) in [7, 11) is 0. The number of carbonyl (C=O) groups excluding carboxylic acids is 3. The molecule has 1 unspecified atom stereocenters. The Kier molecular flexibility index (Phi) is 5.93. The summed E-state index contributed by atoms with van der Waals surface area (Å²) in [5, 5.41) is 0. The molecule has 0 N–H and O–H groups in total. The third-order valence-electron chi connectivity index (χ3n) is 6.14. The van der Waals surface area contributed by atoms with Crippen molar-refractivity contribution in [2.75, 3.05) is 0 Å². The second-order valence-electron chi connectivity index (χ2n) is 8.17. The summed E-state index contributed by atoms with van der Waals surface area (Å²) in [5.41, 5.74) is 0.490. The van der Waals surface area contributed by atoms with Crippen molar-refractivity contribution in [1.82, 2.24) is 0 Å². The van der Waals surface area contributed by atoms with Crippen LogP contribution in [0.5, 0.6) is 0 Å². The number of benzene rings is 1. The molecule has 1 aromatic carbocycles. The van der Waals surface area contributed by atoms with Gasteiger partial charge in [-0.15, -0.1) is 0 Å². The fourth-order valence-corrected chi connectivity index (χ4v) is 4.67. The molecule has 5 atom stereocenters. The molecule has 5 heteroatoms. The minimum absolute atomic E-state index is 0.0466. The second kappa shape index (κ2) is 8.76. The normalized spacial score (nSPS) is 30.9. The molecular formula is C24H26O5. The summed E-state index contributed by atoms with van der Waals surface area (Å²) >= 11 is 0. The molecule has 1 aromatic rings. The Morgan fingerprint density at radius 1 is 1.21 bits per heavy atom. The largest absolute Gasteiger partial charge is 0.462 e. The third-order valence-corrected chi connectivity index (χ3v) is 6.14. The van der Waals surface area contributed by atoms with E-state index >= 15 is 0 Å². The predicted molar refractivity (Wildman–Crippen MR) is 107 cm³/mol. The molecule has 3 aliphatic rings. The van der Waals surface area contributed by atoms with E-state index in [-0.39, 0.29) is 35.7 Å². The fraction of sp³-hybridized carbons (Fsp3) is 0.458. The van der Waals surface area contributed by atoms with Crippen LogP contribution in [0.15, 0.2) is 54.6 Å². The predicted octanol–water partition coefficient (Wildman–Crippen LogP) is 4.04. The lowest BCUT2D eigenvalue weighted by molar-refractivity contribution is -0.141. The standard InChI is InChI=1S/C24H26O5/c25-18(13-16-7-3-1-4-8-16)11-12-19-20-14-23(26)28-22(20)15-21(19)29-24(27)17-9-5-2-6-10-17/h2-3,5-7,9-12,16,19-22H,1,4,8,13-15H2/t16?,19-,20-,21-,22+/m1/s1. The zero-order valence-corrected chi connectivity index (χ0v) is 16.4. The number of ketones is 1. The van der Waals surface area contributed by atoms with Crippen LogP contribution in [0.1, 0.15) is 48.9 Å². The summed E-state index contributed by atoms with van der Waals surface area (Å²) in [5.74, 6) is -0.466. The van der Waals surface area contributed by atoms with Gasteiger partial charge in [0.05, 0.1) is 12.0 Å².